The Labute approximate surface area is 100 Å². The lowest BCUT2D eigenvalue weighted by molar-refractivity contribution is 0.0596. The molecule has 1 aromatic heterocycles. The van der Waals surface area contributed by atoms with E-state index in [1.54, 1.807) is 12.1 Å². The lowest BCUT2D eigenvalue weighted by atomic mass is 9.88. The second-order valence-corrected chi connectivity index (χ2v) is 4.97. The van der Waals surface area contributed by atoms with E-state index >= 15 is 0 Å². The average Bonchev–Trinajstić information content (AvgIpc) is 2.68. The smallest absolute Gasteiger partial charge is 0.289 e. The van der Waals surface area contributed by atoms with Crippen molar-refractivity contribution in [2.45, 2.75) is 20.3 Å². The lowest BCUT2D eigenvalue weighted by Crippen LogP contribution is -2.42. The molecule has 0 N–H and O–H groups in total. The van der Waals surface area contributed by atoms with Crippen LogP contribution in [0.2, 0.25) is 5.22 Å². The summed E-state index contributed by atoms with van der Waals surface area (Å²) in [4.78, 5) is 13.9. The van der Waals surface area contributed by atoms with Crippen LogP contribution >= 0.6 is 11.6 Å². The molecule has 0 spiro atoms. The second-order valence-electron chi connectivity index (χ2n) is 4.60. The third kappa shape index (κ3) is 2.24. The molecule has 1 aliphatic heterocycles. The monoisotopic (exact) mass is 241 g/mol. The summed E-state index contributed by atoms with van der Waals surface area (Å²) in [6.07, 6.45) is 1.06. The number of rotatable bonds is 1. The highest BCUT2D eigenvalue weighted by Crippen LogP contribution is 2.24. The molecule has 1 aliphatic rings. The van der Waals surface area contributed by atoms with Gasteiger partial charge in [0.05, 0.1) is 0 Å². The average molecular weight is 242 g/mol. The van der Waals surface area contributed by atoms with Crippen LogP contribution in [0.3, 0.4) is 0 Å². The zero-order valence-corrected chi connectivity index (χ0v) is 10.3. The summed E-state index contributed by atoms with van der Waals surface area (Å²) in [5.74, 6) is 1.52. The van der Waals surface area contributed by atoms with Crippen LogP contribution in [0.25, 0.3) is 0 Å². The molecule has 1 aromatic rings. The summed E-state index contributed by atoms with van der Waals surface area (Å²) >= 11 is 5.66. The van der Waals surface area contributed by atoms with Gasteiger partial charge in [0.2, 0.25) is 0 Å². The largest absolute Gasteiger partial charge is 0.440 e. The van der Waals surface area contributed by atoms with Crippen LogP contribution in [0.4, 0.5) is 0 Å². The van der Waals surface area contributed by atoms with Crippen molar-refractivity contribution in [3.63, 3.8) is 0 Å². The van der Waals surface area contributed by atoms with Gasteiger partial charge in [0.15, 0.2) is 11.0 Å². The first kappa shape index (κ1) is 11.5. The third-order valence-electron chi connectivity index (χ3n) is 3.41. The molecule has 0 aliphatic carbocycles. The van der Waals surface area contributed by atoms with Crippen molar-refractivity contribution < 1.29 is 9.21 Å². The predicted octanol–water partition coefficient (Wildman–Crippen LogP) is 3.05. The Morgan fingerprint density at radius 2 is 2.19 bits per heavy atom. The summed E-state index contributed by atoms with van der Waals surface area (Å²) in [6, 6.07) is 3.23. The first-order chi connectivity index (χ1) is 7.58. The van der Waals surface area contributed by atoms with E-state index in [4.69, 9.17) is 16.0 Å². The van der Waals surface area contributed by atoms with E-state index < -0.39 is 0 Å². The fraction of sp³-hybridized carbons (Fsp3) is 0.583. The summed E-state index contributed by atoms with van der Waals surface area (Å²) < 4.78 is 5.13. The van der Waals surface area contributed by atoms with Gasteiger partial charge in [-0.1, -0.05) is 13.8 Å². The number of hydrogen-bond acceptors (Lipinski definition) is 2. The highest BCUT2D eigenvalue weighted by molar-refractivity contribution is 6.29. The number of halogens is 1. The molecule has 2 rings (SSSR count). The van der Waals surface area contributed by atoms with Crippen LogP contribution in [-0.2, 0) is 0 Å². The number of likely N-dealkylation sites (tertiary alicyclic amines) is 1. The molecule has 0 saturated carbocycles. The number of furan rings is 1. The van der Waals surface area contributed by atoms with Crippen LogP contribution in [0, 0.1) is 11.8 Å². The van der Waals surface area contributed by atoms with Crippen LogP contribution in [0.1, 0.15) is 30.8 Å². The molecular weight excluding hydrogens is 226 g/mol. The fourth-order valence-corrected chi connectivity index (χ4v) is 2.18. The Hall–Kier alpha value is -0.960. The van der Waals surface area contributed by atoms with Gasteiger partial charge in [-0.3, -0.25) is 4.79 Å². The molecule has 2 atom stereocenters. The highest BCUT2D eigenvalue weighted by Gasteiger charge is 2.27. The molecule has 0 bridgehead atoms. The van der Waals surface area contributed by atoms with E-state index in [-0.39, 0.29) is 11.1 Å². The van der Waals surface area contributed by atoms with Gasteiger partial charge in [-0.15, -0.1) is 0 Å². The Kier molecular flexibility index (Phi) is 3.24. The first-order valence-corrected chi connectivity index (χ1v) is 6.00. The van der Waals surface area contributed by atoms with Crippen molar-refractivity contribution in [1.29, 1.82) is 0 Å². The Morgan fingerprint density at radius 3 is 2.75 bits per heavy atom. The topological polar surface area (TPSA) is 33.5 Å². The maximum Gasteiger partial charge on any atom is 0.289 e. The number of carbonyl (C=O) groups is 1. The standard InChI is InChI=1S/C12H16ClNO2/c1-8-5-6-14(7-9(8)2)12(15)10-3-4-11(13)16-10/h3-4,8-9H,5-7H2,1-2H3. The predicted molar refractivity (Wildman–Crippen MR) is 62.6 cm³/mol. The van der Waals surface area contributed by atoms with Crippen molar-refractivity contribution in [2.24, 2.45) is 11.8 Å². The SMILES string of the molecule is CC1CCN(C(=O)c2ccc(Cl)o2)CC1C. The minimum Gasteiger partial charge on any atom is -0.440 e. The fourth-order valence-electron chi connectivity index (χ4n) is 2.03. The minimum atomic E-state index is -0.0503. The molecule has 0 radical (unpaired) electrons. The van der Waals surface area contributed by atoms with E-state index in [1.165, 1.54) is 0 Å². The van der Waals surface area contributed by atoms with E-state index in [2.05, 4.69) is 13.8 Å². The van der Waals surface area contributed by atoms with Gasteiger partial charge in [0.1, 0.15) is 0 Å². The molecule has 2 heterocycles. The first-order valence-electron chi connectivity index (χ1n) is 5.62. The van der Waals surface area contributed by atoms with Crippen molar-refractivity contribution in [1.82, 2.24) is 4.90 Å². The van der Waals surface area contributed by atoms with Crippen LogP contribution in [0.15, 0.2) is 16.5 Å². The molecule has 16 heavy (non-hydrogen) atoms. The highest BCUT2D eigenvalue weighted by atomic mass is 35.5. The molecule has 1 fully saturated rings. The molecular formula is C12H16ClNO2. The molecule has 1 amide bonds. The molecule has 1 saturated heterocycles. The van der Waals surface area contributed by atoms with Crippen LogP contribution < -0.4 is 0 Å². The minimum absolute atomic E-state index is 0.0503. The molecule has 4 heteroatoms. The van der Waals surface area contributed by atoms with Gasteiger partial charge in [0.25, 0.3) is 5.91 Å². The van der Waals surface area contributed by atoms with E-state index in [0.717, 1.165) is 19.5 Å². The lowest BCUT2D eigenvalue weighted by Gasteiger charge is -2.34. The third-order valence-corrected chi connectivity index (χ3v) is 3.61. The summed E-state index contributed by atoms with van der Waals surface area (Å²) in [5, 5.41) is 0.266. The molecule has 3 nitrogen and oxygen atoms in total. The number of amides is 1. The van der Waals surface area contributed by atoms with Crippen molar-refractivity contribution in [2.75, 3.05) is 13.1 Å². The zero-order valence-electron chi connectivity index (χ0n) is 9.57. The van der Waals surface area contributed by atoms with E-state index in [9.17, 15) is 4.79 Å². The second kappa shape index (κ2) is 4.50. The number of nitrogens with zero attached hydrogens (tertiary/aromatic N) is 1. The molecule has 2 unspecified atom stereocenters. The van der Waals surface area contributed by atoms with Gasteiger partial charge >= 0.3 is 0 Å². The van der Waals surface area contributed by atoms with Gasteiger partial charge < -0.3 is 9.32 Å². The summed E-state index contributed by atoms with van der Waals surface area (Å²) in [5.41, 5.74) is 0. The Bertz CT molecular complexity index is 388. The van der Waals surface area contributed by atoms with Gasteiger partial charge in [-0.05, 0) is 42.0 Å². The Balaban J connectivity index is 2.06. The van der Waals surface area contributed by atoms with Crippen LogP contribution in [-0.4, -0.2) is 23.9 Å². The molecule has 88 valence electrons. The normalized spacial score (nSPS) is 25.8. The summed E-state index contributed by atoms with van der Waals surface area (Å²) in [7, 11) is 0. The molecule has 0 aromatic carbocycles. The summed E-state index contributed by atoms with van der Waals surface area (Å²) in [6.45, 7) is 6.02. The van der Waals surface area contributed by atoms with E-state index in [0.29, 0.717) is 17.6 Å². The quantitative estimate of drug-likeness (QED) is 0.757. The Morgan fingerprint density at radius 1 is 1.44 bits per heavy atom. The zero-order chi connectivity index (χ0) is 11.7. The van der Waals surface area contributed by atoms with E-state index in [1.807, 2.05) is 4.90 Å². The van der Waals surface area contributed by atoms with Gasteiger partial charge in [-0.25, -0.2) is 0 Å². The van der Waals surface area contributed by atoms with Gasteiger partial charge in [-0.2, -0.15) is 0 Å². The maximum atomic E-state index is 12.0. The van der Waals surface area contributed by atoms with Gasteiger partial charge in [0, 0.05) is 13.1 Å². The van der Waals surface area contributed by atoms with Crippen LogP contribution in [0.5, 0.6) is 0 Å². The number of hydrogen-bond donors (Lipinski definition) is 0. The maximum absolute atomic E-state index is 12.0. The number of piperidine rings is 1. The number of carbonyl (C=O) groups excluding carboxylic acids is 1. The van der Waals surface area contributed by atoms with Crippen molar-refractivity contribution in [3.05, 3.63) is 23.1 Å². The van der Waals surface area contributed by atoms with Crippen molar-refractivity contribution in [3.8, 4) is 0 Å². The van der Waals surface area contributed by atoms with Crippen molar-refractivity contribution >= 4 is 17.5 Å².